The molecule has 1 aliphatic rings. The van der Waals surface area contributed by atoms with Gasteiger partial charge in [0, 0.05) is 37.1 Å². The molecular weight excluding hydrogens is 476 g/mol. The number of hydrogen-bond acceptors (Lipinski definition) is 5. The molecule has 1 aliphatic carbocycles. The number of benzene rings is 2. The summed E-state index contributed by atoms with van der Waals surface area (Å²) in [6.07, 6.45) is 8.54. The predicted molar refractivity (Wildman–Crippen MR) is 146 cm³/mol. The van der Waals surface area contributed by atoms with E-state index >= 15 is 0 Å². The Balaban J connectivity index is 1.40. The fraction of sp³-hybridized carbons (Fsp3) is 0.500. The van der Waals surface area contributed by atoms with E-state index in [1.165, 1.54) is 24.8 Å². The molecule has 1 fully saturated rings. The van der Waals surface area contributed by atoms with E-state index in [0.717, 1.165) is 55.9 Å². The minimum Gasteiger partial charge on any atom is -0.506 e. The number of aromatic hydroxyl groups is 1. The molecule has 0 heterocycles. The van der Waals surface area contributed by atoms with Gasteiger partial charge in [-0.25, -0.2) is 0 Å². The third-order valence-corrected chi connectivity index (χ3v) is 6.96. The Morgan fingerprint density at radius 2 is 1.69 bits per heavy atom. The van der Waals surface area contributed by atoms with E-state index in [-0.39, 0.29) is 11.7 Å². The molecule has 196 valence electrons. The smallest absolute Gasteiger partial charge is 0.224 e. The third-order valence-electron chi connectivity index (χ3n) is 6.73. The summed E-state index contributed by atoms with van der Waals surface area (Å²) in [7, 11) is 0. The van der Waals surface area contributed by atoms with Gasteiger partial charge in [-0.05, 0) is 74.2 Å². The van der Waals surface area contributed by atoms with Crippen LogP contribution in [0.4, 0.5) is 5.69 Å². The maximum atomic E-state index is 13.1. The first-order chi connectivity index (χ1) is 17.6. The molecule has 0 aliphatic heterocycles. The molecule has 8 heteroatoms. The summed E-state index contributed by atoms with van der Waals surface area (Å²) in [5.41, 5.74) is 2.63. The van der Waals surface area contributed by atoms with Crippen molar-refractivity contribution < 1.29 is 14.7 Å². The first-order valence-corrected chi connectivity index (χ1v) is 13.4. The first kappa shape index (κ1) is 28.0. The van der Waals surface area contributed by atoms with Crippen LogP contribution in [0.15, 0.2) is 42.5 Å². The van der Waals surface area contributed by atoms with Gasteiger partial charge < -0.3 is 26.0 Å². The molecule has 0 spiro atoms. The summed E-state index contributed by atoms with van der Waals surface area (Å²) in [5.74, 6) is 0.279. The second kappa shape index (κ2) is 15.5. The average Bonchev–Trinajstić information content (AvgIpc) is 2.88. The van der Waals surface area contributed by atoms with Crippen LogP contribution < -0.4 is 16.0 Å². The molecule has 0 saturated heterocycles. The molecular formula is C28H39ClN4O3. The average molecular weight is 515 g/mol. The zero-order chi connectivity index (χ0) is 25.6. The van der Waals surface area contributed by atoms with E-state index < -0.39 is 0 Å². The maximum absolute atomic E-state index is 13.1. The number of phenols is 1. The predicted octanol–water partition coefficient (Wildman–Crippen LogP) is 4.13. The number of carbonyl (C=O) groups is 2. The van der Waals surface area contributed by atoms with Crippen LogP contribution in [0.1, 0.15) is 49.7 Å². The van der Waals surface area contributed by atoms with E-state index in [9.17, 15) is 14.7 Å². The van der Waals surface area contributed by atoms with Crippen molar-refractivity contribution in [3.05, 3.63) is 58.6 Å². The molecule has 0 atom stereocenters. The van der Waals surface area contributed by atoms with Gasteiger partial charge in [-0.3, -0.25) is 9.59 Å². The van der Waals surface area contributed by atoms with Crippen LogP contribution in [0.5, 0.6) is 5.75 Å². The second-order valence-corrected chi connectivity index (χ2v) is 9.81. The molecule has 2 aromatic carbocycles. The zero-order valence-electron chi connectivity index (χ0n) is 21.0. The summed E-state index contributed by atoms with van der Waals surface area (Å²) in [6.45, 7) is 3.69. The molecule has 0 radical (unpaired) electrons. The van der Waals surface area contributed by atoms with Crippen LogP contribution in [0.25, 0.3) is 0 Å². The molecule has 0 unspecified atom stereocenters. The Hall–Kier alpha value is -2.61. The number of rotatable bonds is 15. The Kier molecular flexibility index (Phi) is 12.0. The van der Waals surface area contributed by atoms with E-state index in [2.05, 4.69) is 26.9 Å². The van der Waals surface area contributed by atoms with Gasteiger partial charge in [-0.1, -0.05) is 49.1 Å². The quantitative estimate of drug-likeness (QED) is 0.163. The Bertz CT molecular complexity index is 966. The highest BCUT2D eigenvalue weighted by atomic mass is 35.5. The standard InChI is InChI=1S/C28H39ClN4O3/c29-24-6-4-5-22(19-24)11-14-30-16-13-28(36)33(25-7-2-1-3-8-25)18-17-31-15-12-23-9-10-27(35)26(20-23)32-21-34/h4-6,9-10,19-21,25,30-31,35H,1-3,7-8,11-18H2,(H,32,34). The minimum absolute atomic E-state index is 0.0550. The lowest BCUT2D eigenvalue weighted by atomic mass is 9.94. The zero-order valence-corrected chi connectivity index (χ0v) is 21.7. The molecule has 2 aromatic rings. The van der Waals surface area contributed by atoms with Gasteiger partial charge in [-0.15, -0.1) is 0 Å². The van der Waals surface area contributed by atoms with Gasteiger partial charge in [-0.2, -0.15) is 0 Å². The largest absolute Gasteiger partial charge is 0.506 e. The molecule has 7 nitrogen and oxygen atoms in total. The van der Waals surface area contributed by atoms with Gasteiger partial charge in [0.15, 0.2) is 0 Å². The molecule has 0 aromatic heterocycles. The van der Waals surface area contributed by atoms with Crippen LogP contribution in [0.2, 0.25) is 5.02 Å². The summed E-state index contributed by atoms with van der Waals surface area (Å²) < 4.78 is 0. The number of halogens is 1. The van der Waals surface area contributed by atoms with Crippen LogP contribution in [-0.4, -0.2) is 61.1 Å². The normalized spacial score (nSPS) is 13.9. The maximum Gasteiger partial charge on any atom is 0.224 e. The molecule has 1 saturated carbocycles. The number of carbonyl (C=O) groups excluding carboxylic acids is 2. The second-order valence-electron chi connectivity index (χ2n) is 9.37. The first-order valence-electron chi connectivity index (χ1n) is 13.0. The monoisotopic (exact) mass is 514 g/mol. The third kappa shape index (κ3) is 9.45. The highest BCUT2D eigenvalue weighted by Gasteiger charge is 2.24. The molecule has 4 N–H and O–H groups in total. The van der Waals surface area contributed by atoms with Gasteiger partial charge in [0.25, 0.3) is 0 Å². The SMILES string of the molecule is O=CNc1cc(CCNCCN(C(=O)CCNCCc2cccc(Cl)c2)C2CCCCC2)ccc1O. The minimum atomic E-state index is 0.0550. The molecule has 3 rings (SSSR count). The summed E-state index contributed by atoms with van der Waals surface area (Å²) in [5, 5.41) is 19.9. The Labute approximate surface area is 219 Å². The van der Waals surface area contributed by atoms with Crippen LogP contribution in [0, 0.1) is 0 Å². The number of amides is 2. The van der Waals surface area contributed by atoms with Crippen molar-refractivity contribution in [3.63, 3.8) is 0 Å². The number of phenolic OH excluding ortho intramolecular Hbond substituents is 1. The number of nitrogens with zero attached hydrogens (tertiary/aromatic N) is 1. The van der Waals surface area contributed by atoms with Gasteiger partial charge in [0.1, 0.15) is 5.75 Å². The lowest BCUT2D eigenvalue weighted by molar-refractivity contribution is -0.134. The van der Waals surface area contributed by atoms with E-state index in [4.69, 9.17) is 11.6 Å². The van der Waals surface area contributed by atoms with Crippen molar-refractivity contribution in [2.45, 2.75) is 57.4 Å². The van der Waals surface area contributed by atoms with E-state index in [0.29, 0.717) is 37.6 Å². The van der Waals surface area contributed by atoms with Crippen LogP contribution >= 0.6 is 11.6 Å². The van der Waals surface area contributed by atoms with Crippen LogP contribution in [-0.2, 0) is 22.4 Å². The van der Waals surface area contributed by atoms with Gasteiger partial charge >= 0.3 is 0 Å². The van der Waals surface area contributed by atoms with Crippen LogP contribution in [0.3, 0.4) is 0 Å². The fourth-order valence-electron chi connectivity index (χ4n) is 4.77. The van der Waals surface area contributed by atoms with E-state index in [1.807, 2.05) is 24.3 Å². The summed E-state index contributed by atoms with van der Waals surface area (Å²) in [6, 6.07) is 13.5. The number of hydrogen-bond donors (Lipinski definition) is 4. The van der Waals surface area contributed by atoms with Gasteiger partial charge in [0.05, 0.1) is 5.69 Å². The number of nitrogens with one attached hydrogen (secondary N) is 3. The van der Waals surface area contributed by atoms with E-state index in [1.54, 1.807) is 12.1 Å². The number of anilines is 1. The lowest BCUT2D eigenvalue weighted by Crippen LogP contribution is -2.45. The summed E-state index contributed by atoms with van der Waals surface area (Å²) in [4.78, 5) is 25.9. The summed E-state index contributed by atoms with van der Waals surface area (Å²) >= 11 is 6.05. The lowest BCUT2D eigenvalue weighted by Gasteiger charge is -2.34. The molecule has 36 heavy (non-hydrogen) atoms. The molecule has 2 amide bonds. The van der Waals surface area contributed by atoms with Crippen molar-refractivity contribution in [2.24, 2.45) is 0 Å². The highest BCUT2D eigenvalue weighted by molar-refractivity contribution is 6.30. The van der Waals surface area contributed by atoms with Crippen molar-refractivity contribution in [1.29, 1.82) is 0 Å². The Morgan fingerprint density at radius 1 is 0.972 bits per heavy atom. The fourth-order valence-corrected chi connectivity index (χ4v) is 4.98. The van der Waals surface area contributed by atoms with Crippen molar-refractivity contribution >= 4 is 29.6 Å². The highest BCUT2D eigenvalue weighted by Crippen LogP contribution is 2.24. The topological polar surface area (TPSA) is 93.7 Å². The van der Waals surface area contributed by atoms with Gasteiger partial charge in [0.2, 0.25) is 12.3 Å². The molecule has 0 bridgehead atoms. The van der Waals surface area contributed by atoms with Crippen molar-refractivity contribution in [1.82, 2.24) is 15.5 Å². The Morgan fingerprint density at radius 3 is 2.42 bits per heavy atom. The van der Waals surface area contributed by atoms with Crippen molar-refractivity contribution in [3.8, 4) is 5.75 Å². The van der Waals surface area contributed by atoms with Crippen molar-refractivity contribution in [2.75, 3.05) is 38.0 Å².